The highest BCUT2D eigenvalue weighted by atomic mass is 32.2. The predicted molar refractivity (Wildman–Crippen MR) is 117 cm³/mol. The van der Waals surface area contributed by atoms with E-state index in [1.165, 1.54) is 49.6 Å². The Morgan fingerprint density at radius 2 is 1.76 bits per heavy atom. The number of hydrogen-bond acceptors (Lipinski definition) is 4. The van der Waals surface area contributed by atoms with Crippen molar-refractivity contribution in [2.75, 3.05) is 23.5 Å². The number of benzene rings is 2. The molecule has 0 aliphatic heterocycles. The lowest BCUT2D eigenvalue weighted by Gasteiger charge is -2.25. The van der Waals surface area contributed by atoms with Crippen molar-refractivity contribution < 1.29 is 30.8 Å². The number of anilines is 1. The summed E-state index contributed by atoms with van der Waals surface area (Å²) in [6.07, 6.45) is -1.07. The van der Waals surface area contributed by atoms with Gasteiger partial charge in [-0.15, -0.1) is 0 Å². The number of hydrogen-bond donors (Lipinski definition) is 0. The Kier molecular flexibility index (Phi) is 6.87. The van der Waals surface area contributed by atoms with Crippen LogP contribution in [0.15, 0.2) is 60.9 Å². The van der Waals surface area contributed by atoms with E-state index in [0.29, 0.717) is 6.07 Å². The minimum atomic E-state index is -4.68. The summed E-state index contributed by atoms with van der Waals surface area (Å²) in [7, 11) is -3.54. The molecule has 0 N–H and O–H groups in total. The zero-order valence-electron chi connectivity index (χ0n) is 17.7. The van der Waals surface area contributed by atoms with E-state index in [9.17, 15) is 30.8 Å². The second kappa shape index (κ2) is 9.30. The Balaban J connectivity index is 2.17. The van der Waals surface area contributed by atoms with E-state index in [-0.39, 0.29) is 34.5 Å². The number of carbonyl (C=O) groups is 1. The Labute approximate surface area is 188 Å². The van der Waals surface area contributed by atoms with E-state index in [4.69, 9.17) is 0 Å². The fraction of sp³-hybridized carbons (Fsp3) is 0.217. The van der Waals surface area contributed by atoms with Crippen LogP contribution in [-0.4, -0.2) is 37.9 Å². The molecule has 174 valence electrons. The lowest BCUT2D eigenvalue weighted by Crippen LogP contribution is -2.36. The van der Waals surface area contributed by atoms with Gasteiger partial charge in [0.15, 0.2) is 0 Å². The van der Waals surface area contributed by atoms with Gasteiger partial charge in [0, 0.05) is 35.7 Å². The molecule has 0 unspecified atom stereocenters. The molecule has 1 heterocycles. The van der Waals surface area contributed by atoms with Gasteiger partial charge in [0.2, 0.25) is 0 Å². The lowest BCUT2D eigenvalue weighted by atomic mass is 10.0. The average Bonchev–Trinajstić information content (AvgIpc) is 2.72. The summed E-state index contributed by atoms with van der Waals surface area (Å²) in [6, 6.07) is 10.1. The number of alkyl halides is 3. The topological polar surface area (TPSA) is 67.3 Å². The van der Waals surface area contributed by atoms with E-state index in [1.54, 1.807) is 6.07 Å². The third-order valence-corrected chi connectivity index (χ3v) is 5.76. The Morgan fingerprint density at radius 1 is 1.06 bits per heavy atom. The maximum absolute atomic E-state index is 14.5. The van der Waals surface area contributed by atoms with E-state index in [0.717, 1.165) is 17.2 Å². The van der Waals surface area contributed by atoms with Crippen LogP contribution in [0.3, 0.4) is 0 Å². The van der Waals surface area contributed by atoms with Gasteiger partial charge in [-0.05, 0) is 42.8 Å². The first-order valence-corrected chi connectivity index (χ1v) is 11.8. The van der Waals surface area contributed by atoms with Crippen LogP contribution < -0.4 is 4.90 Å². The SMILES string of the molecule is Cc1cc(C(=O)N(CCS(C)(=O)=O)c2cnccc2-c2ccccc2F)cc(C(F)(F)F)c1. The first-order chi connectivity index (χ1) is 15.4. The molecule has 2 aromatic carbocycles. The van der Waals surface area contributed by atoms with Crippen LogP contribution >= 0.6 is 0 Å². The number of rotatable bonds is 6. The van der Waals surface area contributed by atoms with Crippen molar-refractivity contribution in [3.8, 4) is 11.1 Å². The van der Waals surface area contributed by atoms with Gasteiger partial charge in [-0.25, -0.2) is 12.8 Å². The fourth-order valence-corrected chi connectivity index (χ4v) is 3.84. The zero-order valence-corrected chi connectivity index (χ0v) is 18.5. The molecule has 0 aliphatic rings. The van der Waals surface area contributed by atoms with Crippen LogP contribution in [-0.2, 0) is 16.0 Å². The van der Waals surface area contributed by atoms with Crippen molar-refractivity contribution in [3.63, 3.8) is 0 Å². The van der Waals surface area contributed by atoms with Gasteiger partial charge in [-0.1, -0.05) is 18.2 Å². The highest BCUT2D eigenvalue weighted by molar-refractivity contribution is 7.90. The van der Waals surface area contributed by atoms with Gasteiger partial charge in [0.25, 0.3) is 5.91 Å². The fourth-order valence-electron chi connectivity index (χ4n) is 3.32. The van der Waals surface area contributed by atoms with Gasteiger partial charge in [-0.2, -0.15) is 13.2 Å². The molecule has 0 aliphatic carbocycles. The van der Waals surface area contributed by atoms with Crippen molar-refractivity contribution in [1.82, 2.24) is 4.98 Å². The summed E-state index contributed by atoms with van der Waals surface area (Å²) in [4.78, 5) is 18.4. The smallest absolute Gasteiger partial charge is 0.305 e. The molecule has 3 aromatic rings. The van der Waals surface area contributed by atoms with Crippen molar-refractivity contribution in [2.45, 2.75) is 13.1 Å². The first-order valence-electron chi connectivity index (χ1n) is 9.74. The maximum atomic E-state index is 14.5. The minimum absolute atomic E-state index is 0.0753. The molecule has 1 aromatic heterocycles. The molecule has 0 bridgehead atoms. The van der Waals surface area contributed by atoms with Crippen molar-refractivity contribution in [2.24, 2.45) is 0 Å². The molecule has 3 rings (SSSR count). The molecule has 33 heavy (non-hydrogen) atoms. The minimum Gasteiger partial charge on any atom is -0.305 e. The molecule has 0 fully saturated rings. The first kappa shape index (κ1) is 24.4. The van der Waals surface area contributed by atoms with Crippen LogP contribution in [0.4, 0.5) is 23.2 Å². The van der Waals surface area contributed by atoms with Crippen LogP contribution in [0.2, 0.25) is 0 Å². The third kappa shape index (κ3) is 5.95. The number of carbonyl (C=O) groups excluding carboxylic acids is 1. The monoisotopic (exact) mass is 480 g/mol. The summed E-state index contributed by atoms with van der Waals surface area (Å²) in [6.45, 7) is 1.06. The number of halogens is 4. The number of nitrogens with zero attached hydrogens (tertiary/aromatic N) is 2. The summed E-state index contributed by atoms with van der Waals surface area (Å²) in [5, 5.41) is 0. The van der Waals surface area contributed by atoms with E-state index < -0.39 is 39.1 Å². The average molecular weight is 480 g/mol. The van der Waals surface area contributed by atoms with Crippen LogP contribution in [0.25, 0.3) is 11.1 Å². The number of pyridine rings is 1. The van der Waals surface area contributed by atoms with E-state index >= 15 is 0 Å². The summed E-state index contributed by atoms with van der Waals surface area (Å²) < 4.78 is 78.1. The van der Waals surface area contributed by atoms with Gasteiger partial charge < -0.3 is 4.90 Å². The summed E-state index contributed by atoms with van der Waals surface area (Å²) >= 11 is 0. The Bertz CT molecular complexity index is 1290. The number of sulfone groups is 1. The lowest BCUT2D eigenvalue weighted by molar-refractivity contribution is -0.137. The normalized spacial score (nSPS) is 11.9. The van der Waals surface area contributed by atoms with Crippen molar-refractivity contribution in [1.29, 1.82) is 0 Å². The summed E-state index contributed by atoms with van der Waals surface area (Å²) in [5.41, 5.74) is -0.627. The van der Waals surface area contributed by atoms with Gasteiger partial charge >= 0.3 is 6.18 Å². The molecular weight excluding hydrogens is 460 g/mol. The standard InChI is InChI=1S/C23H20F4N2O3S/c1-15-11-16(13-17(12-15)23(25,26)27)22(30)29(9-10-33(2,31)32)21-14-28-8-7-19(21)18-5-3-4-6-20(18)24/h3-8,11-14H,9-10H2,1-2H3. The molecule has 1 amide bonds. The molecule has 10 heteroatoms. The number of aromatic nitrogens is 1. The Morgan fingerprint density at radius 3 is 2.39 bits per heavy atom. The maximum Gasteiger partial charge on any atom is 0.416 e. The molecular formula is C23H20F4N2O3S. The number of aryl methyl sites for hydroxylation is 1. The van der Waals surface area contributed by atoms with Crippen LogP contribution in [0.1, 0.15) is 21.5 Å². The second-order valence-electron chi connectivity index (χ2n) is 7.54. The van der Waals surface area contributed by atoms with Gasteiger partial charge in [0.1, 0.15) is 15.7 Å². The second-order valence-corrected chi connectivity index (χ2v) is 9.80. The van der Waals surface area contributed by atoms with Crippen molar-refractivity contribution in [3.05, 3.63) is 83.4 Å². The van der Waals surface area contributed by atoms with Crippen molar-refractivity contribution >= 4 is 21.4 Å². The summed E-state index contributed by atoms with van der Waals surface area (Å²) in [5.74, 6) is -1.91. The predicted octanol–water partition coefficient (Wildman–Crippen LogP) is 4.91. The van der Waals surface area contributed by atoms with E-state index in [2.05, 4.69) is 4.98 Å². The molecule has 0 saturated heterocycles. The van der Waals surface area contributed by atoms with Gasteiger partial charge in [-0.3, -0.25) is 9.78 Å². The number of amides is 1. The zero-order chi connectivity index (χ0) is 24.4. The quantitative estimate of drug-likeness (QED) is 0.471. The highest BCUT2D eigenvalue weighted by Crippen LogP contribution is 2.34. The van der Waals surface area contributed by atoms with Crippen LogP contribution in [0.5, 0.6) is 0 Å². The molecule has 0 spiro atoms. The van der Waals surface area contributed by atoms with E-state index in [1.807, 2.05) is 0 Å². The molecule has 0 saturated carbocycles. The Hall–Kier alpha value is -3.27. The molecule has 0 atom stereocenters. The molecule has 0 radical (unpaired) electrons. The molecule has 5 nitrogen and oxygen atoms in total. The largest absolute Gasteiger partial charge is 0.416 e. The van der Waals surface area contributed by atoms with Crippen LogP contribution in [0, 0.1) is 12.7 Å². The van der Waals surface area contributed by atoms with Gasteiger partial charge in [0.05, 0.1) is 23.2 Å². The highest BCUT2D eigenvalue weighted by Gasteiger charge is 2.32. The third-order valence-electron chi connectivity index (χ3n) is 4.84.